The van der Waals surface area contributed by atoms with Crippen molar-refractivity contribution in [1.29, 1.82) is 0 Å². The summed E-state index contributed by atoms with van der Waals surface area (Å²) in [6.07, 6.45) is 1.88. The summed E-state index contributed by atoms with van der Waals surface area (Å²) in [5, 5.41) is 1.35. The summed E-state index contributed by atoms with van der Waals surface area (Å²) in [6.45, 7) is 3.64. The van der Waals surface area contributed by atoms with Crippen LogP contribution in [0, 0.1) is 5.92 Å². The number of fused-ring (bicyclic) bond motifs is 2. The summed E-state index contributed by atoms with van der Waals surface area (Å²) in [7, 11) is 0. The van der Waals surface area contributed by atoms with E-state index < -0.39 is 0 Å². The van der Waals surface area contributed by atoms with Crippen LogP contribution in [0.1, 0.15) is 30.9 Å². The van der Waals surface area contributed by atoms with Gasteiger partial charge in [0, 0.05) is 30.0 Å². The van der Waals surface area contributed by atoms with Crippen LogP contribution in [0.2, 0.25) is 5.15 Å². The van der Waals surface area contributed by atoms with Crippen molar-refractivity contribution in [1.82, 2.24) is 9.88 Å². The van der Waals surface area contributed by atoms with Gasteiger partial charge in [-0.15, -0.1) is 0 Å². The van der Waals surface area contributed by atoms with Crippen molar-refractivity contribution in [3.8, 4) is 17.2 Å². The van der Waals surface area contributed by atoms with Crippen molar-refractivity contribution in [2.24, 2.45) is 5.92 Å². The number of nitrogens with zero attached hydrogens (tertiary/aromatic N) is 2. The van der Waals surface area contributed by atoms with Gasteiger partial charge in [-0.05, 0) is 61.7 Å². The number of hydrogen-bond acceptors (Lipinski definition) is 5. The van der Waals surface area contributed by atoms with Gasteiger partial charge in [0.05, 0.1) is 12.1 Å². The van der Waals surface area contributed by atoms with Crippen LogP contribution in [0.4, 0.5) is 0 Å². The number of amides is 1. The molecule has 0 radical (unpaired) electrons. The van der Waals surface area contributed by atoms with Gasteiger partial charge in [-0.2, -0.15) is 0 Å². The van der Waals surface area contributed by atoms with Crippen LogP contribution in [-0.2, 0) is 17.9 Å². The van der Waals surface area contributed by atoms with Crippen molar-refractivity contribution in [3.63, 3.8) is 0 Å². The second kappa shape index (κ2) is 8.27. The van der Waals surface area contributed by atoms with Gasteiger partial charge in [-0.3, -0.25) is 4.79 Å². The van der Waals surface area contributed by atoms with E-state index in [1.165, 1.54) is 0 Å². The normalized spacial score (nSPS) is 14.6. The number of carbonyl (C=O) groups excluding carboxylic acids is 1. The third-order valence-electron chi connectivity index (χ3n) is 5.53. The molecule has 1 fully saturated rings. The Kier molecular flexibility index (Phi) is 5.32. The van der Waals surface area contributed by atoms with Gasteiger partial charge in [0.15, 0.2) is 11.5 Å². The summed E-state index contributed by atoms with van der Waals surface area (Å²) >= 11 is 6.51. The van der Waals surface area contributed by atoms with E-state index in [9.17, 15) is 4.79 Å². The molecule has 0 atom stereocenters. The van der Waals surface area contributed by atoms with Crippen molar-refractivity contribution >= 4 is 28.4 Å². The second-order valence-corrected chi connectivity index (χ2v) is 8.24. The Morgan fingerprint density at radius 1 is 1.13 bits per heavy atom. The van der Waals surface area contributed by atoms with Crippen molar-refractivity contribution in [3.05, 3.63) is 58.7 Å². The molecule has 1 aromatic heterocycles. The smallest absolute Gasteiger partial charge is 0.231 e. The highest BCUT2D eigenvalue weighted by Gasteiger charge is 2.34. The standard InChI is InChI=1S/C24H23ClN2O4/c1-2-29-19-6-7-20-17(11-19)10-18(23(25)26-20)13-27(24(28)16-4-5-16)12-15-3-8-21-22(9-15)31-14-30-21/h3,6-11,16H,2,4-5,12-14H2,1H3. The average Bonchev–Trinajstić information content (AvgIpc) is 3.51. The molecule has 1 aliphatic heterocycles. The van der Waals surface area contributed by atoms with E-state index in [0.29, 0.717) is 30.6 Å². The molecule has 0 bridgehead atoms. The highest BCUT2D eigenvalue weighted by Crippen LogP contribution is 2.35. The summed E-state index contributed by atoms with van der Waals surface area (Å²) in [6, 6.07) is 13.5. The van der Waals surface area contributed by atoms with E-state index in [0.717, 1.165) is 46.4 Å². The maximum Gasteiger partial charge on any atom is 0.231 e. The quantitative estimate of drug-likeness (QED) is 0.488. The number of rotatable bonds is 7. The van der Waals surface area contributed by atoms with Crippen LogP contribution in [0.5, 0.6) is 17.2 Å². The third-order valence-corrected chi connectivity index (χ3v) is 5.86. The zero-order valence-electron chi connectivity index (χ0n) is 17.3. The van der Waals surface area contributed by atoms with Gasteiger partial charge < -0.3 is 19.1 Å². The predicted molar refractivity (Wildman–Crippen MR) is 117 cm³/mol. The minimum atomic E-state index is 0.103. The molecule has 7 heteroatoms. The maximum absolute atomic E-state index is 13.0. The third kappa shape index (κ3) is 4.26. The highest BCUT2D eigenvalue weighted by molar-refractivity contribution is 6.30. The molecular formula is C24H23ClN2O4. The fourth-order valence-electron chi connectivity index (χ4n) is 3.81. The molecule has 3 aromatic rings. The number of ether oxygens (including phenoxy) is 3. The van der Waals surface area contributed by atoms with E-state index in [1.54, 1.807) is 0 Å². The lowest BCUT2D eigenvalue weighted by Crippen LogP contribution is -2.31. The molecule has 1 amide bonds. The first-order chi connectivity index (χ1) is 15.1. The van der Waals surface area contributed by atoms with Gasteiger partial charge in [0.25, 0.3) is 0 Å². The van der Waals surface area contributed by atoms with E-state index in [-0.39, 0.29) is 18.6 Å². The lowest BCUT2D eigenvalue weighted by atomic mass is 10.1. The summed E-state index contributed by atoms with van der Waals surface area (Å²) in [5.41, 5.74) is 2.60. The fraction of sp³-hybridized carbons (Fsp3) is 0.333. The fourth-order valence-corrected chi connectivity index (χ4v) is 4.01. The number of aromatic nitrogens is 1. The summed E-state index contributed by atoms with van der Waals surface area (Å²) in [5.74, 6) is 2.49. The van der Waals surface area contributed by atoms with Gasteiger partial charge in [0.2, 0.25) is 12.7 Å². The number of pyridine rings is 1. The van der Waals surface area contributed by atoms with E-state index in [1.807, 2.05) is 54.3 Å². The number of hydrogen-bond donors (Lipinski definition) is 0. The first kappa shape index (κ1) is 19.9. The Balaban J connectivity index is 1.43. The minimum absolute atomic E-state index is 0.103. The molecule has 1 saturated carbocycles. The SMILES string of the molecule is CCOc1ccc2nc(Cl)c(CN(Cc3ccc4c(c3)OCO4)C(=O)C3CC3)cc2c1. The molecule has 0 N–H and O–H groups in total. The summed E-state index contributed by atoms with van der Waals surface area (Å²) < 4.78 is 16.5. The molecule has 160 valence electrons. The molecular weight excluding hydrogens is 416 g/mol. The van der Waals surface area contributed by atoms with Crippen LogP contribution >= 0.6 is 11.6 Å². The molecule has 5 rings (SSSR count). The Morgan fingerprint density at radius 3 is 2.77 bits per heavy atom. The van der Waals surface area contributed by atoms with Crippen LogP contribution < -0.4 is 14.2 Å². The van der Waals surface area contributed by atoms with E-state index in [2.05, 4.69) is 4.98 Å². The zero-order chi connectivity index (χ0) is 21.4. The molecule has 0 spiro atoms. The molecule has 2 heterocycles. The van der Waals surface area contributed by atoms with Crippen molar-refractivity contribution < 1.29 is 19.0 Å². The van der Waals surface area contributed by atoms with Crippen LogP contribution in [0.3, 0.4) is 0 Å². The van der Waals surface area contributed by atoms with E-state index >= 15 is 0 Å². The Morgan fingerprint density at radius 2 is 1.97 bits per heavy atom. The number of carbonyl (C=O) groups is 1. The number of benzene rings is 2. The van der Waals surface area contributed by atoms with Gasteiger partial charge in [-0.1, -0.05) is 17.7 Å². The lowest BCUT2D eigenvalue weighted by molar-refractivity contribution is -0.133. The first-order valence-electron chi connectivity index (χ1n) is 10.5. The molecule has 6 nitrogen and oxygen atoms in total. The molecule has 0 saturated heterocycles. The molecule has 31 heavy (non-hydrogen) atoms. The Hall–Kier alpha value is -2.99. The monoisotopic (exact) mass is 438 g/mol. The van der Waals surface area contributed by atoms with Crippen LogP contribution in [0.15, 0.2) is 42.5 Å². The van der Waals surface area contributed by atoms with Crippen molar-refractivity contribution in [2.75, 3.05) is 13.4 Å². The maximum atomic E-state index is 13.0. The predicted octanol–water partition coefficient (Wildman–Crippen LogP) is 4.95. The van der Waals surface area contributed by atoms with Gasteiger partial charge in [-0.25, -0.2) is 4.98 Å². The van der Waals surface area contributed by atoms with Crippen LogP contribution in [-0.4, -0.2) is 29.2 Å². The van der Waals surface area contributed by atoms with Crippen LogP contribution in [0.25, 0.3) is 10.9 Å². The molecule has 2 aromatic carbocycles. The summed E-state index contributed by atoms with van der Waals surface area (Å²) in [4.78, 5) is 19.4. The second-order valence-electron chi connectivity index (χ2n) is 7.88. The van der Waals surface area contributed by atoms with Gasteiger partial charge in [0.1, 0.15) is 10.9 Å². The molecule has 1 aliphatic carbocycles. The lowest BCUT2D eigenvalue weighted by Gasteiger charge is -2.24. The van der Waals surface area contributed by atoms with Crippen molar-refractivity contribution in [2.45, 2.75) is 32.9 Å². The van der Waals surface area contributed by atoms with E-state index in [4.69, 9.17) is 25.8 Å². The number of halogens is 1. The largest absolute Gasteiger partial charge is 0.494 e. The first-order valence-corrected chi connectivity index (χ1v) is 10.9. The topological polar surface area (TPSA) is 60.9 Å². The highest BCUT2D eigenvalue weighted by atomic mass is 35.5. The Bertz CT molecular complexity index is 1150. The minimum Gasteiger partial charge on any atom is -0.494 e. The average molecular weight is 439 g/mol. The molecule has 0 unspecified atom stereocenters. The van der Waals surface area contributed by atoms with Gasteiger partial charge >= 0.3 is 0 Å². The molecule has 2 aliphatic rings. The Labute approximate surface area is 185 Å². The zero-order valence-corrected chi connectivity index (χ0v) is 18.0.